The van der Waals surface area contributed by atoms with Crippen LogP contribution in [0.5, 0.6) is 23.0 Å². The van der Waals surface area contributed by atoms with Gasteiger partial charge >= 0.3 is 0 Å². The second kappa shape index (κ2) is 10.6. The van der Waals surface area contributed by atoms with Crippen LogP contribution >= 0.6 is 12.4 Å². The molecule has 0 unspecified atom stereocenters. The molecular formula is C30H25ClN4O4. The number of benzene rings is 1. The lowest BCUT2D eigenvalue weighted by molar-refractivity contribution is 0.305. The summed E-state index contributed by atoms with van der Waals surface area (Å²) in [4.78, 5) is 19.1. The van der Waals surface area contributed by atoms with Gasteiger partial charge < -0.3 is 18.9 Å². The van der Waals surface area contributed by atoms with Gasteiger partial charge in [-0.05, 0) is 72.9 Å². The Hall–Kier alpha value is -4.69. The molecule has 0 aromatic heterocycles. The summed E-state index contributed by atoms with van der Waals surface area (Å²) in [5, 5.41) is 0. The predicted molar refractivity (Wildman–Crippen MR) is 157 cm³/mol. The van der Waals surface area contributed by atoms with E-state index in [2.05, 4.69) is 4.99 Å². The predicted octanol–water partition coefficient (Wildman–Crippen LogP) is 5.56. The summed E-state index contributed by atoms with van der Waals surface area (Å²) in [6, 6.07) is 1.87. The van der Waals surface area contributed by atoms with E-state index < -0.39 is 0 Å². The zero-order valence-corrected chi connectivity index (χ0v) is 22.6. The summed E-state index contributed by atoms with van der Waals surface area (Å²) < 4.78 is 22.7. The molecule has 0 spiro atoms. The normalized spacial score (nSPS) is 18.1. The maximum Gasteiger partial charge on any atom is 0.207 e. The molecule has 8 bridgehead atoms. The Labute approximate surface area is 232 Å². The van der Waals surface area contributed by atoms with Gasteiger partial charge in [0, 0.05) is 11.1 Å². The van der Waals surface area contributed by atoms with Gasteiger partial charge in [-0.2, -0.15) is 0 Å². The molecule has 5 heterocycles. The SMILES string of the molecule is COc1cc(C2=CC3=CC4=NC(=CC5=NC(=CC6=NC(=CC2=N3)C=C6)C=C5)C=C4)c(OC)c(OC)c1OC.Cl. The number of allylic oxidation sites excluding steroid dienone is 12. The smallest absolute Gasteiger partial charge is 0.207 e. The van der Waals surface area contributed by atoms with Crippen LogP contribution in [0.15, 0.2) is 116 Å². The lowest BCUT2D eigenvalue weighted by Gasteiger charge is -2.19. The summed E-state index contributed by atoms with van der Waals surface area (Å²) in [5.41, 5.74) is 7.91. The van der Waals surface area contributed by atoms with Crippen molar-refractivity contribution in [1.29, 1.82) is 0 Å². The Morgan fingerprint density at radius 1 is 0.487 bits per heavy atom. The molecule has 0 saturated carbocycles. The van der Waals surface area contributed by atoms with Gasteiger partial charge in [0.15, 0.2) is 11.5 Å². The molecule has 196 valence electrons. The van der Waals surface area contributed by atoms with Crippen LogP contribution in [0.2, 0.25) is 0 Å². The minimum Gasteiger partial charge on any atom is -0.493 e. The van der Waals surface area contributed by atoms with Gasteiger partial charge in [-0.1, -0.05) is 0 Å². The number of ether oxygens (including phenoxy) is 4. The molecule has 39 heavy (non-hydrogen) atoms. The number of nitrogens with zero attached hydrogens (tertiary/aromatic N) is 4. The molecule has 1 aromatic rings. The molecule has 5 aliphatic rings. The first-order valence-corrected chi connectivity index (χ1v) is 11.9. The van der Waals surface area contributed by atoms with E-state index in [9.17, 15) is 0 Å². The van der Waals surface area contributed by atoms with Gasteiger partial charge in [-0.25, -0.2) is 20.0 Å². The second-order valence-corrected chi connectivity index (χ2v) is 8.67. The van der Waals surface area contributed by atoms with Gasteiger partial charge in [0.25, 0.3) is 0 Å². The maximum absolute atomic E-state index is 5.81. The van der Waals surface area contributed by atoms with Crippen LogP contribution in [0.3, 0.4) is 0 Å². The third-order valence-corrected chi connectivity index (χ3v) is 6.32. The third-order valence-electron chi connectivity index (χ3n) is 6.32. The van der Waals surface area contributed by atoms with Crippen molar-refractivity contribution < 1.29 is 18.9 Å². The van der Waals surface area contributed by atoms with E-state index in [4.69, 9.17) is 33.9 Å². The Morgan fingerprint density at radius 3 is 1.51 bits per heavy atom. The molecule has 8 nitrogen and oxygen atoms in total. The van der Waals surface area contributed by atoms with Crippen molar-refractivity contribution in [3.05, 3.63) is 101 Å². The van der Waals surface area contributed by atoms with Gasteiger partial charge in [0.05, 0.1) is 74.1 Å². The zero-order valence-electron chi connectivity index (χ0n) is 21.8. The summed E-state index contributed by atoms with van der Waals surface area (Å²) in [6.45, 7) is 0. The van der Waals surface area contributed by atoms with E-state index in [1.165, 1.54) is 0 Å². The van der Waals surface area contributed by atoms with Crippen LogP contribution < -0.4 is 18.9 Å². The maximum atomic E-state index is 5.81. The summed E-state index contributed by atoms with van der Waals surface area (Å²) in [5.74, 6) is 1.90. The molecule has 0 atom stereocenters. The van der Waals surface area contributed by atoms with Gasteiger partial charge in [0.1, 0.15) is 0 Å². The molecule has 0 fully saturated rings. The summed E-state index contributed by atoms with van der Waals surface area (Å²) in [6.07, 6.45) is 21.6. The molecule has 0 aliphatic carbocycles. The highest BCUT2D eigenvalue weighted by molar-refractivity contribution is 6.33. The van der Waals surface area contributed by atoms with Crippen LogP contribution in [-0.2, 0) is 0 Å². The Kier molecular flexibility index (Phi) is 7.04. The molecular weight excluding hydrogens is 516 g/mol. The third kappa shape index (κ3) is 4.82. The molecule has 1 aromatic carbocycles. The van der Waals surface area contributed by atoms with Crippen LogP contribution in [0.1, 0.15) is 5.56 Å². The highest BCUT2D eigenvalue weighted by Gasteiger charge is 2.27. The van der Waals surface area contributed by atoms with Gasteiger partial charge in [-0.15, -0.1) is 12.4 Å². The highest BCUT2D eigenvalue weighted by atomic mass is 35.5. The van der Waals surface area contributed by atoms with Crippen molar-refractivity contribution in [2.24, 2.45) is 20.0 Å². The zero-order chi connectivity index (χ0) is 26.2. The number of halogens is 1. The van der Waals surface area contributed by atoms with E-state index in [0.29, 0.717) is 28.7 Å². The van der Waals surface area contributed by atoms with Crippen molar-refractivity contribution in [3.8, 4) is 23.0 Å². The second-order valence-electron chi connectivity index (χ2n) is 8.67. The van der Waals surface area contributed by atoms with E-state index in [1.807, 2.05) is 72.9 Å². The topological polar surface area (TPSA) is 86.4 Å². The van der Waals surface area contributed by atoms with Gasteiger partial charge in [-0.3, -0.25) is 0 Å². The standard InChI is InChI=1S/C30H24N4O4.ClH/c1-35-27-16-25(28(36-2)30(38-4)29(27)37-3)24-14-23-13-21-8-7-19(32-21)11-17-5-6-18(31-17)12-20-9-10-22(33-20)15-26(24)34-23;/h5-16H,1-4H3;1H. The van der Waals surface area contributed by atoms with Crippen molar-refractivity contribution in [2.75, 3.05) is 28.4 Å². The van der Waals surface area contributed by atoms with Crippen molar-refractivity contribution in [2.45, 2.75) is 0 Å². The first kappa shape index (κ1) is 25.9. The number of aliphatic imine (C=N–C) groups is 4. The van der Waals surface area contributed by atoms with E-state index in [0.717, 1.165) is 51.1 Å². The monoisotopic (exact) mass is 540 g/mol. The van der Waals surface area contributed by atoms with Crippen molar-refractivity contribution in [3.63, 3.8) is 0 Å². The number of rotatable bonds is 5. The molecule has 0 saturated heterocycles. The number of fused-ring (bicyclic) bond motifs is 4. The Bertz CT molecular complexity index is 1640. The molecule has 0 N–H and O–H groups in total. The van der Waals surface area contributed by atoms with Gasteiger partial charge in [0.2, 0.25) is 11.5 Å². The number of hydrogen-bond donors (Lipinski definition) is 0. The van der Waals surface area contributed by atoms with Crippen LogP contribution in [-0.4, -0.2) is 51.3 Å². The van der Waals surface area contributed by atoms with E-state index in [1.54, 1.807) is 28.4 Å². The van der Waals surface area contributed by atoms with Crippen LogP contribution in [0.25, 0.3) is 5.57 Å². The minimum absolute atomic E-state index is 0. The fourth-order valence-corrected chi connectivity index (χ4v) is 4.65. The summed E-state index contributed by atoms with van der Waals surface area (Å²) >= 11 is 0. The van der Waals surface area contributed by atoms with Crippen molar-refractivity contribution in [1.82, 2.24) is 0 Å². The molecule has 6 rings (SSSR count). The van der Waals surface area contributed by atoms with Crippen molar-refractivity contribution >= 4 is 40.8 Å². The number of hydrogen-bond acceptors (Lipinski definition) is 8. The fourth-order valence-electron chi connectivity index (χ4n) is 4.65. The number of methoxy groups -OCH3 is 4. The largest absolute Gasteiger partial charge is 0.493 e. The van der Waals surface area contributed by atoms with Crippen LogP contribution in [0, 0.1) is 0 Å². The Morgan fingerprint density at radius 2 is 1.00 bits per heavy atom. The molecule has 0 amide bonds. The molecule has 5 aliphatic heterocycles. The quantitative estimate of drug-likeness (QED) is 0.489. The molecule has 9 heteroatoms. The fraction of sp³-hybridized carbons (Fsp3) is 0.133. The van der Waals surface area contributed by atoms with E-state index in [-0.39, 0.29) is 12.4 Å². The summed E-state index contributed by atoms with van der Waals surface area (Å²) in [7, 11) is 6.31. The first-order valence-electron chi connectivity index (χ1n) is 11.9. The first-order chi connectivity index (χ1) is 18.6. The Balaban J connectivity index is 0.00000308. The van der Waals surface area contributed by atoms with Crippen LogP contribution in [0.4, 0.5) is 0 Å². The lowest BCUT2D eigenvalue weighted by atomic mass is 9.98. The minimum atomic E-state index is 0. The van der Waals surface area contributed by atoms with E-state index >= 15 is 0 Å². The average Bonchev–Trinajstić information content (AvgIpc) is 3.72. The average molecular weight is 541 g/mol. The lowest BCUT2D eigenvalue weighted by Crippen LogP contribution is -2.04. The highest BCUT2D eigenvalue weighted by Crippen LogP contribution is 2.49. The molecule has 0 radical (unpaired) electrons.